The molecular weight excluding hydrogens is 387 g/mol. The summed E-state index contributed by atoms with van der Waals surface area (Å²) in [5.74, 6) is 0.618. The number of halogens is 2. The van der Waals surface area contributed by atoms with Crippen molar-refractivity contribution in [3.63, 3.8) is 0 Å². The van der Waals surface area contributed by atoms with Crippen molar-refractivity contribution in [3.8, 4) is 11.3 Å². The van der Waals surface area contributed by atoms with Gasteiger partial charge in [-0.3, -0.25) is 4.79 Å². The lowest BCUT2D eigenvalue weighted by Gasteiger charge is -2.06. The van der Waals surface area contributed by atoms with Crippen molar-refractivity contribution in [2.24, 2.45) is 0 Å². The van der Waals surface area contributed by atoms with Gasteiger partial charge in [0.25, 0.3) is 0 Å². The Hall–Kier alpha value is -2.47. The first-order valence-corrected chi connectivity index (χ1v) is 8.57. The molecule has 0 spiro atoms. The topological polar surface area (TPSA) is 55.1 Å². The van der Waals surface area contributed by atoms with Gasteiger partial charge in [0.15, 0.2) is 11.7 Å². The van der Waals surface area contributed by atoms with Gasteiger partial charge in [-0.05, 0) is 55.0 Å². The van der Waals surface area contributed by atoms with E-state index in [2.05, 4.69) is 26.2 Å². The van der Waals surface area contributed by atoms with E-state index in [1.54, 1.807) is 18.3 Å². The lowest BCUT2D eigenvalue weighted by molar-refractivity contribution is -0.116. The van der Waals surface area contributed by atoms with Crippen molar-refractivity contribution < 1.29 is 13.6 Å². The predicted molar refractivity (Wildman–Crippen MR) is 97.7 cm³/mol. The van der Waals surface area contributed by atoms with Crippen LogP contribution in [0.2, 0.25) is 0 Å². The van der Waals surface area contributed by atoms with Crippen LogP contribution in [-0.4, -0.2) is 10.9 Å². The molecular formula is C19H16BrFN2O2. The number of aromatic nitrogens is 1. The number of carbonyl (C=O) groups excluding carboxylic acids is 1. The Morgan fingerprint density at radius 1 is 1.24 bits per heavy atom. The average molecular weight is 403 g/mol. The van der Waals surface area contributed by atoms with E-state index in [-0.39, 0.29) is 18.1 Å². The molecule has 0 unspecified atom stereocenters. The van der Waals surface area contributed by atoms with E-state index in [9.17, 15) is 9.18 Å². The van der Waals surface area contributed by atoms with Crippen LogP contribution >= 0.6 is 15.9 Å². The van der Waals surface area contributed by atoms with E-state index in [0.29, 0.717) is 18.1 Å². The van der Waals surface area contributed by atoms with Crippen LogP contribution in [0.3, 0.4) is 0 Å². The highest BCUT2D eigenvalue weighted by Gasteiger charge is 2.10. The first kappa shape index (κ1) is 17.4. The number of aryl methyl sites for hydroxylation is 2. The number of nitrogens with zero attached hydrogens (tertiary/aromatic N) is 1. The predicted octanol–water partition coefficient (Wildman–Crippen LogP) is 5.12. The summed E-state index contributed by atoms with van der Waals surface area (Å²) < 4.78 is 19.6. The minimum Gasteiger partial charge on any atom is -0.441 e. The lowest BCUT2D eigenvalue weighted by atomic mass is 10.2. The molecule has 6 heteroatoms. The van der Waals surface area contributed by atoms with Crippen LogP contribution < -0.4 is 5.32 Å². The fraction of sp³-hybridized carbons (Fsp3) is 0.158. The van der Waals surface area contributed by atoms with Crippen LogP contribution in [0, 0.1) is 12.7 Å². The van der Waals surface area contributed by atoms with Crippen LogP contribution in [0.4, 0.5) is 10.1 Å². The van der Waals surface area contributed by atoms with Crippen molar-refractivity contribution in [1.82, 2.24) is 4.98 Å². The van der Waals surface area contributed by atoms with Crippen LogP contribution in [-0.2, 0) is 11.2 Å². The zero-order valence-corrected chi connectivity index (χ0v) is 15.1. The van der Waals surface area contributed by atoms with E-state index in [0.717, 1.165) is 21.3 Å². The molecule has 1 N–H and O–H groups in total. The fourth-order valence-electron chi connectivity index (χ4n) is 2.34. The fourth-order valence-corrected chi connectivity index (χ4v) is 2.59. The molecule has 0 aliphatic rings. The Bertz CT molecular complexity index is 891. The van der Waals surface area contributed by atoms with Crippen molar-refractivity contribution >= 4 is 27.5 Å². The van der Waals surface area contributed by atoms with Gasteiger partial charge < -0.3 is 9.73 Å². The Labute approximate surface area is 153 Å². The van der Waals surface area contributed by atoms with Crippen molar-refractivity contribution in [2.45, 2.75) is 19.8 Å². The lowest BCUT2D eigenvalue weighted by Crippen LogP contribution is -2.12. The highest BCUT2D eigenvalue weighted by Crippen LogP contribution is 2.22. The van der Waals surface area contributed by atoms with Gasteiger partial charge in [0.1, 0.15) is 5.82 Å². The van der Waals surface area contributed by atoms with Crippen molar-refractivity contribution in [1.29, 1.82) is 0 Å². The number of hydrogen-bond donors (Lipinski definition) is 1. The van der Waals surface area contributed by atoms with Crippen LogP contribution in [0.25, 0.3) is 11.3 Å². The third kappa shape index (κ3) is 4.54. The number of amides is 1. The van der Waals surface area contributed by atoms with Crippen LogP contribution in [0.1, 0.15) is 17.9 Å². The van der Waals surface area contributed by atoms with Crippen molar-refractivity contribution in [3.05, 3.63) is 70.4 Å². The molecule has 4 nitrogen and oxygen atoms in total. The second-order valence-electron chi connectivity index (χ2n) is 5.64. The average Bonchev–Trinajstić information content (AvgIpc) is 3.06. The minimum atomic E-state index is -0.302. The molecule has 0 bridgehead atoms. The summed E-state index contributed by atoms with van der Waals surface area (Å²) in [5.41, 5.74) is 2.55. The summed E-state index contributed by atoms with van der Waals surface area (Å²) in [7, 11) is 0. The van der Waals surface area contributed by atoms with E-state index >= 15 is 0 Å². The van der Waals surface area contributed by atoms with Crippen LogP contribution in [0.15, 0.2) is 57.6 Å². The molecule has 0 aliphatic heterocycles. The molecule has 0 aliphatic carbocycles. The number of benzene rings is 2. The van der Waals surface area contributed by atoms with Gasteiger partial charge in [0, 0.05) is 28.6 Å². The number of hydrogen-bond acceptors (Lipinski definition) is 3. The van der Waals surface area contributed by atoms with Gasteiger partial charge in [-0.25, -0.2) is 9.37 Å². The highest BCUT2D eigenvalue weighted by molar-refractivity contribution is 9.10. The first-order valence-electron chi connectivity index (χ1n) is 7.78. The standard InChI is InChI=1S/C19H16BrFN2O2/c1-12-10-15(6-7-16(12)20)23-18(24)8-9-19-22-11-17(25-19)13-2-4-14(21)5-3-13/h2-7,10-11H,8-9H2,1H3,(H,23,24). The zero-order valence-electron chi connectivity index (χ0n) is 13.6. The summed E-state index contributed by atoms with van der Waals surface area (Å²) >= 11 is 3.43. The number of anilines is 1. The highest BCUT2D eigenvalue weighted by atomic mass is 79.9. The maximum absolute atomic E-state index is 12.9. The van der Waals surface area contributed by atoms with Gasteiger partial charge in [-0.15, -0.1) is 0 Å². The van der Waals surface area contributed by atoms with Crippen molar-refractivity contribution in [2.75, 3.05) is 5.32 Å². The Kier molecular flexibility index (Phi) is 5.28. The molecule has 3 aromatic rings. The van der Waals surface area contributed by atoms with E-state index < -0.39 is 0 Å². The quantitative estimate of drug-likeness (QED) is 0.643. The summed E-state index contributed by atoms with van der Waals surface area (Å²) in [6.45, 7) is 1.96. The molecule has 1 heterocycles. The summed E-state index contributed by atoms with van der Waals surface area (Å²) in [6, 6.07) is 11.6. The van der Waals surface area contributed by atoms with E-state index in [1.165, 1.54) is 12.1 Å². The maximum Gasteiger partial charge on any atom is 0.224 e. The molecule has 0 saturated carbocycles. The number of oxazole rings is 1. The molecule has 0 fully saturated rings. The SMILES string of the molecule is Cc1cc(NC(=O)CCc2ncc(-c3ccc(F)cc3)o2)ccc1Br. The van der Waals surface area contributed by atoms with Crippen LogP contribution in [0.5, 0.6) is 0 Å². The normalized spacial score (nSPS) is 10.7. The molecule has 0 atom stereocenters. The third-order valence-corrected chi connectivity index (χ3v) is 4.58. The molecule has 128 valence electrons. The summed E-state index contributed by atoms with van der Waals surface area (Å²) in [6.07, 6.45) is 2.24. The Balaban J connectivity index is 1.57. The van der Waals surface area contributed by atoms with Gasteiger partial charge in [-0.1, -0.05) is 15.9 Å². The van der Waals surface area contributed by atoms with Gasteiger partial charge >= 0.3 is 0 Å². The minimum absolute atomic E-state index is 0.108. The zero-order chi connectivity index (χ0) is 17.8. The first-order chi connectivity index (χ1) is 12.0. The maximum atomic E-state index is 12.9. The largest absolute Gasteiger partial charge is 0.441 e. The Morgan fingerprint density at radius 2 is 2.00 bits per heavy atom. The molecule has 0 saturated heterocycles. The second-order valence-corrected chi connectivity index (χ2v) is 6.49. The monoisotopic (exact) mass is 402 g/mol. The molecule has 1 amide bonds. The molecule has 0 radical (unpaired) electrons. The molecule has 3 rings (SSSR count). The summed E-state index contributed by atoms with van der Waals surface area (Å²) in [5, 5.41) is 2.85. The van der Waals surface area contributed by atoms with E-state index in [4.69, 9.17) is 4.42 Å². The molecule has 25 heavy (non-hydrogen) atoms. The van der Waals surface area contributed by atoms with E-state index in [1.807, 2.05) is 25.1 Å². The smallest absolute Gasteiger partial charge is 0.224 e. The number of nitrogens with one attached hydrogen (secondary N) is 1. The van der Waals surface area contributed by atoms with Gasteiger partial charge in [0.2, 0.25) is 5.91 Å². The molecule has 2 aromatic carbocycles. The van der Waals surface area contributed by atoms with Gasteiger partial charge in [0.05, 0.1) is 6.20 Å². The second kappa shape index (κ2) is 7.61. The number of carbonyl (C=O) groups is 1. The Morgan fingerprint density at radius 3 is 2.72 bits per heavy atom. The van der Waals surface area contributed by atoms with Gasteiger partial charge in [-0.2, -0.15) is 0 Å². The molecule has 1 aromatic heterocycles. The summed E-state index contributed by atoms with van der Waals surface area (Å²) in [4.78, 5) is 16.2. The third-order valence-electron chi connectivity index (χ3n) is 3.69. The number of rotatable bonds is 5.